The van der Waals surface area contributed by atoms with Crippen molar-refractivity contribution < 1.29 is 36.8 Å². The second-order valence-electron chi connectivity index (χ2n) is 9.66. The molecule has 3 N–H and O–H groups in total. The number of aliphatic hydroxyl groups is 1. The van der Waals surface area contributed by atoms with Crippen LogP contribution in [0.15, 0.2) is 40.8 Å². The Balaban J connectivity index is 1.67. The number of rotatable bonds is 9. The van der Waals surface area contributed by atoms with Crippen LogP contribution in [0.1, 0.15) is 34.7 Å². The SMILES string of the molecule is CS(=O)(=O)N(CC1COB(O)C1)c1cc2oc(-c3ccc(F)cc3)c(C(=O)NCCO)c2cc1C1CC1. The highest BCUT2D eigenvalue weighted by Gasteiger charge is 2.36. The number of fused-ring (bicyclic) bond motifs is 1. The van der Waals surface area contributed by atoms with E-state index in [-0.39, 0.29) is 49.5 Å². The average molecular weight is 530 g/mol. The highest BCUT2D eigenvalue weighted by molar-refractivity contribution is 7.92. The molecule has 1 amide bonds. The van der Waals surface area contributed by atoms with Crippen LogP contribution in [0, 0.1) is 11.7 Å². The lowest BCUT2D eigenvalue weighted by Crippen LogP contribution is -2.35. The van der Waals surface area contributed by atoms with Gasteiger partial charge in [0.05, 0.1) is 24.1 Å². The summed E-state index contributed by atoms with van der Waals surface area (Å²) < 4.78 is 52.2. The Bertz CT molecular complexity index is 1420. The van der Waals surface area contributed by atoms with Crippen molar-refractivity contribution in [2.45, 2.75) is 25.1 Å². The monoisotopic (exact) mass is 530 g/mol. The number of benzene rings is 2. The van der Waals surface area contributed by atoms with Crippen LogP contribution in [0.4, 0.5) is 10.1 Å². The van der Waals surface area contributed by atoms with Crippen molar-refractivity contribution in [1.29, 1.82) is 0 Å². The molecule has 2 fully saturated rings. The smallest absolute Gasteiger partial charge is 0.454 e. The van der Waals surface area contributed by atoms with Crippen LogP contribution in [0.2, 0.25) is 6.32 Å². The predicted molar refractivity (Wildman–Crippen MR) is 137 cm³/mol. The molecule has 1 saturated carbocycles. The number of hydrogen-bond acceptors (Lipinski definition) is 7. The minimum atomic E-state index is -3.70. The number of carbonyl (C=O) groups excluding carboxylic acids is 1. The van der Waals surface area contributed by atoms with Crippen molar-refractivity contribution in [2.24, 2.45) is 5.92 Å². The number of furan rings is 1. The Morgan fingerprint density at radius 2 is 1.97 bits per heavy atom. The van der Waals surface area contributed by atoms with E-state index in [1.54, 1.807) is 6.07 Å². The van der Waals surface area contributed by atoms with E-state index in [1.807, 2.05) is 6.07 Å². The molecular formula is C25H28BFN2O7S. The van der Waals surface area contributed by atoms with Crippen LogP contribution in [-0.4, -0.2) is 64.1 Å². The molecule has 1 saturated heterocycles. The quantitative estimate of drug-likeness (QED) is 0.363. The van der Waals surface area contributed by atoms with E-state index < -0.39 is 28.9 Å². The maximum absolute atomic E-state index is 13.6. The maximum Gasteiger partial charge on any atom is 0.454 e. The van der Waals surface area contributed by atoms with Gasteiger partial charge >= 0.3 is 7.12 Å². The molecule has 0 radical (unpaired) electrons. The van der Waals surface area contributed by atoms with Crippen LogP contribution in [0.5, 0.6) is 0 Å². The van der Waals surface area contributed by atoms with E-state index in [1.165, 1.54) is 28.6 Å². The Hall–Kier alpha value is -2.93. The number of carbonyl (C=O) groups is 1. The van der Waals surface area contributed by atoms with Crippen molar-refractivity contribution >= 4 is 39.7 Å². The van der Waals surface area contributed by atoms with E-state index >= 15 is 0 Å². The Morgan fingerprint density at radius 3 is 2.57 bits per heavy atom. The summed E-state index contributed by atoms with van der Waals surface area (Å²) in [6.07, 6.45) is 3.24. The van der Waals surface area contributed by atoms with Crippen LogP contribution in [-0.2, 0) is 14.7 Å². The molecule has 1 atom stereocenters. The van der Waals surface area contributed by atoms with E-state index in [0.717, 1.165) is 24.7 Å². The summed E-state index contributed by atoms with van der Waals surface area (Å²) in [6, 6.07) is 9.00. The Labute approximate surface area is 214 Å². The van der Waals surface area contributed by atoms with E-state index in [9.17, 15) is 27.7 Å². The highest BCUT2D eigenvalue weighted by Crippen LogP contribution is 2.48. The number of nitrogens with zero attached hydrogens (tertiary/aromatic N) is 1. The van der Waals surface area contributed by atoms with Gasteiger partial charge in [-0.2, -0.15) is 0 Å². The lowest BCUT2D eigenvalue weighted by molar-refractivity contribution is 0.0946. The predicted octanol–water partition coefficient (Wildman–Crippen LogP) is 2.73. The molecule has 196 valence electrons. The first-order valence-corrected chi connectivity index (χ1v) is 14.0. The summed E-state index contributed by atoms with van der Waals surface area (Å²) in [7, 11) is -4.62. The average Bonchev–Trinajstić information content (AvgIpc) is 3.51. The van der Waals surface area contributed by atoms with Gasteiger partial charge in [-0.1, -0.05) is 0 Å². The Kier molecular flexibility index (Phi) is 7.01. The fourth-order valence-corrected chi connectivity index (χ4v) is 5.81. The molecule has 1 unspecified atom stereocenters. The normalized spacial score (nSPS) is 17.9. The fourth-order valence-electron chi connectivity index (χ4n) is 4.82. The molecule has 2 aliphatic rings. The van der Waals surface area contributed by atoms with Crippen molar-refractivity contribution in [2.75, 3.05) is 36.9 Å². The Morgan fingerprint density at radius 1 is 1.24 bits per heavy atom. The van der Waals surface area contributed by atoms with Crippen molar-refractivity contribution in [1.82, 2.24) is 5.32 Å². The second kappa shape index (κ2) is 10.1. The molecule has 37 heavy (non-hydrogen) atoms. The van der Waals surface area contributed by atoms with Crippen molar-refractivity contribution in [3.05, 3.63) is 53.3 Å². The summed E-state index contributed by atoms with van der Waals surface area (Å²) in [5.41, 5.74) is 2.30. The first kappa shape index (κ1) is 25.7. The second-order valence-corrected chi connectivity index (χ2v) is 11.6. The van der Waals surface area contributed by atoms with Crippen LogP contribution in [0.3, 0.4) is 0 Å². The molecule has 9 nitrogen and oxygen atoms in total. The third-order valence-corrected chi connectivity index (χ3v) is 7.88. The van der Waals surface area contributed by atoms with E-state index in [4.69, 9.17) is 9.07 Å². The van der Waals surface area contributed by atoms with Gasteiger partial charge in [-0.05, 0) is 66.9 Å². The lowest BCUT2D eigenvalue weighted by Gasteiger charge is -2.27. The van der Waals surface area contributed by atoms with Gasteiger partial charge in [0.25, 0.3) is 5.91 Å². The zero-order chi connectivity index (χ0) is 26.3. The van der Waals surface area contributed by atoms with Gasteiger partial charge in [-0.25, -0.2) is 12.8 Å². The van der Waals surface area contributed by atoms with Crippen LogP contribution >= 0.6 is 0 Å². The van der Waals surface area contributed by atoms with Crippen LogP contribution < -0.4 is 9.62 Å². The van der Waals surface area contributed by atoms with E-state index in [2.05, 4.69) is 5.32 Å². The summed E-state index contributed by atoms with van der Waals surface area (Å²) in [4.78, 5) is 13.2. The molecule has 1 aromatic heterocycles. The number of sulfonamides is 1. The number of hydrogen-bond donors (Lipinski definition) is 3. The zero-order valence-electron chi connectivity index (χ0n) is 20.3. The van der Waals surface area contributed by atoms with Gasteiger partial charge in [0.15, 0.2) is 0 Å². The van der Waals surface area contributed by atoms with Crippen molar-refractivity contribution in [3.8, 4) is 11.3 Å². The number of aliphatic hydroxyl groups excluding tert-OH is 1. The molecule has 1 aliphatic heterocycles. The van der Waals surface area contributed by atoms with Crippen molar-refractivity contribution in [3.63, 3.8) is 0 Å². The largest absolute Gasteiger partial charge is 0.455 e. The molecule has 3 aromatic rings. The molecule has 0 bridgehead atoms. The molecule has 2 heterocycles. The van der Waals surface area contributed by atoms with Gasteiger partial charge in [-0.3, -0.25) is 9.10 Å². The molecular weight excluding hydrogens is 502 g/mol. The van der Waals surface area contributed by atoms with Crippen LogP contribution in [0.25, 0.3) is 22.3 Å². The standard InChI is InChI=1S/C25H28BFN2O7S/c1-37(33,34)29(13-15-12-26(32)35-14-15)21-11-22-20(10-19(21)16-2-3-16)23(25(31)28-8-9-30)24(36-22)17-4-6-18(27)7-5-17/h4-7,10-11,15-16,30,32H,2-3,8-9,12-14H2,1H3,(H,28,31). The number of nitrogens with one attached hydrogen (secondary N) is 1. The van der Waals surface area contributed by atoms with Gasteiger partial charge in [0.1, 0.15) is 17.2 Å². The van der Waals surface area contributed by atoms with Gasteiger partial charge < -0.3 is 24.5 Å². The number of amides is 1. The van der Waals surface area contributed by atoms with Gasteiger partial charge in [0.2, 0.25) is 10.0 Å². The third kappa shape index (κ3) is 5.38. The third-order valence-electron chi connectivity index (χ3n) is 6.74. The first-order chi connectivity index (χ1) is 17.7. The molecule has 5 rings (SSSR count). The summed E-state index contributed by atoms with van der Waals surface area (Å²) in [6.45, 7) is 0.183. The molecule has 2 aromatic carbocycles. The van der Waals surface area contributed by atoms with E-state index in [0.29, 0.717) is 28.5 Å². The number of anilines is 1. The topological polar surface area (TPSA) is 129 Å². The fraction of sp³-hybridized carbons (Fsp3) is 0.400. The van der Waals surface area contributed by atoms with Gasteiger partial charge in [0, 0.05) is 36.7 Å². The number of halogens is 1. The summed E-state index contributed by atoms with van der Waals surface area (Å²) >= 11 is 0. The molecule has 0 spiro atoms. The summed E-state index contributed by atoms with van der Waals surface area (Å²) in [5.74, 6) is -0.722. The lowest BCUT2D eigenvalue weighted by atomic mass is 9.82. The maximum atomic E-state index is 13.6. The minimum absolute atomic E-state index is 0.0408. The first-order valence-electron chi connectivity index (χ1n) is 12.2. The zero-order valence-corrected chi connectivity index (χ0v) is 21.1. The molecule has 12 heteroatoms. The minimum Gasteiger partial charge on any atom is -0.455 e. The van der Waals surface area contributed by atoms with Gasteiger partial charge in [-0.15, -0.1) is 0 Å². The molecule has 1 aliphatic carbocycles. The summed E-state index contributed by atoms with van der Waals surface area (Å²) in [5, 5.41) is 22.1. The highest BCUT2D eigenvalue weighted by atomic mass is 32.2.